The Balaban J connectivity index is 0.00000121. The predicted molar refractivity (Wildman–Crippen MR) is 101 cm³/mol. The second-order valence-electron chi connectivity index (χ2n) is 6.24. The van der Waals surface area contributed by atoms with Gasteiger partial charge >= 0.3 is 0 Å². The fourth-order valence-electron chi connectivity index (χ4n) is 2.40. The van der Waals surface area contributed by atoms with Crippen molar-refractivity contribution in [2.45, 2.75) is 32.7 Å². The van der Waals surface area contributed by atoms with Crippen LogP contribution in [0.15, 0.2) is 29.6 Å². The summed E-state index contributed by atoms with van der Waals surface area (Å²) in [5.74, 6) is 0. The highest BCUT2D eigenvalue weighted by molar-refractivity contribution is 7.09. The molecule has 3 nitrogen and oxygen atoms in total. The second-order valence-corrected chi connectivity index (χ2v) is 7.18. The average molecular weight is 360 g/mol. The molecule has 1 aromatic carbocycles. The van der Waals surface area contributed by atoms with Gasteiger partial charge in [-0.05, 0) is 12.1 Å². The quantitative estimate of drug-likeness (QED) is 0.840. The Labute approximate surface area is 149 Å². The molecule has 1 aromatic heterocycles. The SMILES string of the molecule is CC(C)(C)c1csc(CN2CCNc3ccccc32)n1.Cl.Cl. The predicted octanol–water partition coefficient (Wildman–Crippen LogP) is 4.72. The molecule has 0 amide bonds. The van der Waals surface area contributed by atoms with Crippen LogP contribution in [0.2, 0.25) is 0 Å². The van der Waals surface area contributed by atoms with E-state index in [9.17, 15) is 0 Å². The Hall–Kier alpha value is -0.970. The van der Waals surface area contributed by atoms with E-state index in [4.69, 9.17) is 4.98 Å². The highest BCUT2D eigenvalue weighted by Crippen LogP contribution is 2.31. The summed E-state index contributed by atoms with van der Waals surface area (Å²) in [5, 5.41) is 6.85. The van der Waals surface area contributed by atoms with Crippen molar-refractivity contribution in [1.29, 1.82) is 0 Å². The van der Waals surface area contributed by atoms with Gasteiger partial charge < -0.3 is 10.2 Å². The molecule has 2 heterocycles. The maximum atomic E-state index is 4.80. The third-order valence-electron chi connectivity index (χ3n) is 3.59. The molecule has 22 heavy (non-hydrogen) atoms. The van der Waals surface area contributed by atoms with Gasteiger partial charge in [-0.15, -0.1) is 36.2 Å². The van der Waals surface area contributed by atoms with Gasteiger partial charge in [-0.3, -0.25) is 0 Å². The van der Waals surface area contributed by atoms with Crippen molar-refractivity contribution in [1.82, 2.24) is 4.98 Å². The first-order valence-electron chi connectivity index (χ1n) is 7.07. The lowest BCUT2D eigenvalue weighted by molar-refractivity contribution is 0.570. The highest BCUT2D eigenvalue weighted by atomic mass is 35.5. The largest absolute Gasteiger partial charge is 0.382 e. The fraction of sp³-hybridized carbons (Fsp3) is 0.438. The summed E-state index contributed by atoms with van der Waals surface area (Å²) in [5.41, 5.74) is 3.84. The molecular weight excluding hydrogens is 337 g/mol. The van der Waals surface area contributed by atoms with Gasteiger partial charge in [0.1, 0.15) is 5.01 Å². The molecule has 6 heteroatoms. The van der Waals surface area contributed by atoms with Gasteiger partial charge in [0.25, 0.3) is 0 Å². The van der Waals surface area contributed by atoms with Crippen LogP contribution in [0.3, 0.4) is 0 Å². The van der Waals surface area contributed by atoms with Crippen LogP contribution >= 0.6 is 36.2 Å². The van der Waals surface area contributed by atoms with Crippen LogP contribution in [-0.2, 0) is 12.0 Å². The van der Waals surface area contributed by atoms with Gasteiger partial charge in [-0.1, -0.05) is 32.9 Å². The third-order valence-corrected chi connectivity index (χ3v) is 4.42. The molecule has 0 aliphatic carbocycles. The van der Waals surface area contributed by atoms with Crippen LogP contribution in [0.4, 0.5) is 11.4 Å². The van der Waals surface area contributed by atoms with Crippen molar-refractivity contribution in [2.24, 2.45) is 0 Å². The number of nitrogens with zero attached hydrogens (tertiary/aromatic N) is 2. The van der Waals surface area contributed by atoms with Gasteiger partial charge in [0, 0.05) is 23.9 Å². The number of para-hydroxylation sites is 2. The lowest BCUT2D eigenvalue weighted by Gasteiger charge is -2.31. The minimum Gasteiger partial charge on any atom is -0.382 e. The monoisotopic (exact) mass is 359 g/mol. The van der Waals surface area contributed by atoms with Crippen LogP contribution in [0.25, 0.3) is 0 Å². The van der Waals surface area contributed by atoms with E-state index in [0.29, 0.717) is 0 Å². The molecule has 0 radical (unpaired) electrons. The fourth-order valence-corrected chi connectivity index (χ4v) is 3.44. The van der Waals surface area contributed by atoms with E-state index in [1.165, 1.54) is 22.1 Å². The van der Waals surface area contributed by atoms with E-state index in [1.54, 1.807) is 11.3 Å². The molecular formula is C16H23Cl2N3S. The number of nitrogens with one attached hydrogen (secondary N) is 1. The van der Waals surface area contributed by atoms with E-state index < -0.39 is 0 Å². The molecule has 0 atom stereocenters. The van der Waals surface area contributed by atoms with Crippen molar-refractivity contribution in [3.05, 3.63) is 40.3 Å². The van der Waals surface area contributed by atoms with E-state index in [2.05, 4.69) is 60.6 Å². The van der Waals surface area contributed by atoms with Crippen LogP contribution in [0.1, 0.15) is 31.5 Å². The van der Waals surface area contributed by atoms with Crippen molar-refractivity contribution >= 4 is 47.5 Å². The number of halogens is 2. The van der Waals surface area contributed by atoms with Crippen molar-refractivity contribution in [3.8, 4) is 0 Å². The van der Waals surface area contributed by atoms with Gasteiger partial charge in [-0.2, -0.15) is 0 Å². The number of hydrogen-bond acceptors (Lipinski definition) is 4. The molecule has 1 aliphatic rings. The average Bonchev–Trinajstić information content (AvgIpc) is 2.88. The summed E-state index contributed by atoms with van der Waals surface area (Å²) in [6, 6.07) is 8.50. The molecule has 0 bridgehead atoms. The maximum absolute atomic E-state index is 4.80. The Bertz CT molecular complexity index is 607. The zero-order valence-electron chi connectivity index (χ0n) is 13.1. The minimum absolute atomic E-state index is 0. The molecule has 3 rings (SSSR count). The molecule has 1 aliphatic heterocycles. The molecule has 0 saturated heterocycles. The second kappa shape index (κ2) is 7.53. The number of anilines is 2. The number of rotatable bonds is 2. The normalized spacial score (nSPS) is 13.5. The Morgan fingerprint density at radius 1 is 1.23 bits per heavy atom. The van der Waals surface area contributed by atoms with Crippen LogP contribution in [-0.4, -0.2) is 18.1 Å². The van der Waals surface area contributed by atoms with Crippen LogP contribution < -0.4 is 10.2 Å². The lowest BCUT2D eigenvalue weighted by Crippen LogP contribution is -2.33. The number of hydrogen-bond donors (Lipinski definition) is 1. The van der Waals surface area contributed by atoms with Crippen LogP contribution in [0.5, 0.6) is 0 Å². The first kappa shape index (κ1) is 19.1. The maximum Gasteiger partial charge on any atom is 0.112 e. The van der Waals surface area contributed by atoms with Gasteiger partial charge in [0.2, 0.25) is 0 Å². The summed E-state index contributed by atoms with van der Waals surface area (Å²) in [7, 11) is 0. The summed E-state index contributed by atoms with van der Waals surface area (Å²) in [6.07, 6.45) is 0. The third kappa shape index (κ3) is 4.06. The van der Waals surface area contributed by atoms with Crippen LogP contribution in [0, 0.1) is 0 Å². The summed E-state index contributed by atoms with van der Waals surface area (Å²) < 4.78 is 0. The standard InChI is InChI=1S/C16H21N3S.2ClH/c1-16(2,3)14-11-20-15(18-14)10-19-9-8-17-12-6-4-5-7-13(12)19;;/h4-7,11,17H,8-10H2,1-3H3;2*1H. The molecule has 0 spiro atoms. The highest BCUT2D eigenvalue weighted by Gasteiger charge is 2.20. The molecule has 1 N–H and O–H groups in total. The molecule has 0 fully saturated rings. The van der Waals surface area contributed by atoms with E-state index >= 15 is 0 Å². The van der Waals surface area contributed by atoms with Gasteiger partial charge in [0.15, 0.2) is 0 Å². The Morgan fingerprint density at radius 2 is 1.95 bits per heavy atom. The first-order chi connectivity index (χ1) is 9.54. The first-order valence-corrected chi connectivity index (χ1v) is 7.95. The van der Waals surface area contributed by atoms with Crippen molar-refractivity contribution in [2.75, 3.05) is 23.3 Å². The number of fused-ring (bicyclic) bond motifs is 1. The summed E-state index contributed by atoms with van der Waals surface area (Å²) in [4.78, 5) is 7.22. The zero-order chi connectivity index (χ0) is 14.2. The summed E-state index contributed by atoms with van der Waals surface area (Å²) in [6.45, 7) is 9.57. The van der Waals surface area contributed by atoms with E-state index in [-0.39, 0.29) is 30.2 Å². The smallest absolute Gasteiger partial charge is 0.112 e. The van der Waals surface area contributed by atoms with E-state index in [0.717, 1.165) is 19.6 Å². The molecule has 0 saturated carbocycles. The van der Waals surface area contributed by atoms with Gasteiger partial charge in [0.05, 0.1) is 23.6 Å². The van der Waals surface area contributed by atoms with Crippen molar-refractivity contribution in [3.63, 3.8) is 0 Å². The summed E-state index contributed by atoms with van der Waals surface area (Å²) >= 11 is 1.77. The molecule has 122 valence electrons. The van der Waals surface area contributed by atoms with Gasteiger partial charge in [-0.25, -0.2) is 4.98 Å². The topological polar surface area (TPSA) is 28.2 Å². The number of thiazole rings is 1. The van der Waals surface area contributed by atoms with E-state index in [1.807, 2.05) is 0 Å². The van der Waals surface area contributed by atoms with Crippen molar-refractivity contribution < 1.29 is 0 Å². The number of benzene rings is 1. The molecule has 0 unspecified atom stereocenters. The molecule has 2 aromatic rings. The minimum atomic E-state index is 0. The zero-order valence-corrected chi connectivity index (χ0v) is 15.6. The Kier molecular flexibility index (Phi) is 6.53. The lowest BCUT2D eigenvalue weighted by atomic mass is 9.93. The number of aromatic nitrogens is 1. The Morgan fingerprint density at radius 3 is 2.64 bits per heavy atom.